The third kappa shape index (κ3) is 7.40. The molecule has 3 aromatic rings. The van der Waals surface area contributed by atoms with Crippen LogP contribution in [0.15, 0.2) is 78.9 Å². The molecular formula is C29H31ClN2O5. The van der Waals surface area contributed by atoms with Crippen LogP contribution in [0.25, 0.3) is 0 Å². The standard InChI is InChI=1S/C29H31ClN2O5/c1-2-35-23-16-14-21(15-17-23)20-32(26-13-6-7-18-31-27(26)33)28(34)29(36-24-10-4-3-5-11-24)37-25-12-8-9-22(30)19-25/h3-5,8-12,14-17,19,26,29H,2,6-7,13,18,20H2,1H3,(H,31,33)/t26-,29?/m0/s1. The van der Waals surface area contributed by atoms with E-state index in [4.69, 9.17) is 25.8 Å². The van der Waals surface area contributed by atoms with Crippen LogP contribution in [-0.2, 0) is 16.1 Å². The van der Waals surface area contributed by atoms with Gasteiger partial charge in [-0.2, -0.15) is 0 Å². The highest BCUT2D eigenvalue weighted by atomic mass is 35.5. The lowest BCUT2D eigenvalue weighted by Crippen LogP contribution is -2.53. The Balaban J connectivity index is 1.66. The highest BCUT2D eigenvalue weighted by molar-refractivity contribution is 6.30. The van der Waals surface area contributed by atoms with Gasteiger partial charge >= 0.3 is 12.2 Å². The van der Waals surface area contributed by atoms with E-state index in [2.05, 4.69) is 5.32 Å². The number of amides is 2. The summed E-state index contributed by atoms with van der Waals surface area (Å²) in [5.74, 6) is 0.950. The maximum absolute atomic E-state index is 14.1. The predicted molar refractivity (Wildman–Crippen MR) is 142 cm³/mol. The van der Waals surface area contributed by atoms with Crippen molar-refractivity contribution >= 4 is 23.4 Å². The van der Waals surface area contributed by atoms with Crippen molar-refractivity contribution in [2.24, 2.45) is 0 Å². The number of carbonyl (C=O) groups excluding carboxylic acids is 2. The third-order valence-corrected chi connectivity index (χ3v) is 6.22. The zero-order valence-corrected chi connectivity index (χ0v) is 21.5. The van der Waals surface area contributed by atoms with E-state index in [0.717, 1.165) is 24.2 Å². The number of nitrogens with one attached hydrogen (secondary N) is 1. The fourth-order valence-electron chi connectivity index (χ4n) is 4.16. The molecule has 4 rings (SSSR count). The molecular weight excluding hydrogens is 492 g/mol. The fraction of sp³-hybridized carbons (Fsp3) is 0.310. The van der Waals surface area contributed by atoms with Crippen molar-refractivity contribution in [3.63, 3.8) is 0 Å². The average Bonchev–Trinajstić information content (AvgIpc) is 3.12. The van der Waals surface area contributed by atoms with Gasteiger partial charge in [-0.3, -0.25) is 9.59 Å². The van der Waals surface area contributed by atoms with E-state index in [0.29, 0.717) is 36.1 Å². The number of ether oxygens (including phenoxy) is 3. The molecule has 7 nitrogen and oxygen atoms in total. The summed E-state index contributed by atoms with van der Waals surface area (Å²) >= 11 is 6.15. The second kappa shape index (κ2) is 13.0. The molecule has 1 saturated heterocycles. The number of nitrogens with zero attached hydrogens (tertiary/aromatic N) is 1. The minimum atomic E-state index is -1.33. The summed E-state index contributed by atoms with van der Waals surface area (Å²) in [4.78, 5) is 28.7. The number of hydrogen-bond donors (Lipinski definition) is 1. The smallest absolute Gasteiger partial charge is 0.321 e. The molecule has 3 aromatic carbocycles. The Bertz CT molecular complexity index is 1170. The molecule has 0 aliphatic carbocycles. The first kappa shape index (κ1) is 26.4. The zero-order valence-electron chi connectivity index (χ0n) is 20.8. The van der Waals surface area contributed by atoms with E-state index in [9.17, 15) is 9.59 Å². The molecule has 1 unspecified atom stereocenters. The summed E-state index contributed by atoms with van der Waals surface area (Å²) in [5, 5.41) is 3.41. The van der Waals surface area contributed by atoms with E-state index in [1.807, 2.05) is 49.4 Å². The van der Waals surface area contributed by atoms with Crippen molar-refractivity contribution < 1.29 is 23.8 Å². The Labute approximate surface area is 222 Å². The van der Waals surface area contributed by atoms with Crippen LogP contribution in [0.1, 0.15) is 31.7 Å². The molecule has 0 spiro atoms. The van der Waals surface area contributed by atoms with Crippen LogP contribution in [0, 0.1) is 0 Å². The molecule has 1 fully saturated rings. The summed E-state index contributed by atoms with van der Waals surface area (Å²) in [5.41, 5.74) is 0.857. The minimum absolute atomic E-state index is 0.182. The van der Waals surface area contributed by atoms with Gasteiger partial charge in [-0.15, -0.1) is 0 Å². The van der Waals surface area contributed by atoms with Gasteiger partial charge in [0.1, 0.15) is 23.3 Å². The predicted octanol–water partition coefficient (Wildman–Crippen LogP) is 5.22. The van der Waals surface area contributed by atoms with E-state index >= 15 is 0 Å². The number of para-hydroxylation sites is 1. The van der Waals surface area contributed by atoms with Crippen LogP contribution >= 0.6 is 11.6 Å². The van der Waals surface area contributed by atoms with E-state index in [-0.39, 0.29) is 12.5 Å². The topological polar surface area (TPSA) is 77.1 Å². The molecule has 194 valence electrons. The van der Waals surface area contributed by atoms with Crippen LogP contribution in [0.5, 0.6) is 17.2 Å². The number of rotatable bonds is 10. The molecule has 0 radical (unpaired) electrons. The maximum atomic E-state index is 14.1. The number of hydrogen-bond acceptors (Lipinski definition) is 5. The van der Waals surface area contributed by atoms with Crippen molar-refractivity contribution in [3.8, 4) is 17.2 Å². The normalized spacial score (nSPS) is 16.2. The molecule has 37 heavy (non-hydrogen) atoms. The van der Waals surface area contributed by atoms with Gasteiger partial charge in [0.15, 0.2) is 0 Å². The summed E-state index contributed by atoms with van der Waals surface area (Å²) in [6, 6.07) is 22.6. The Morgan fingerprint density at radius 3 is 2.43 bits per heavy atom. The second-order valence-corrected chi connectivity index (χ2v) is 9.12. The molecule has 1 N–H and O–H groups in total. The second-order valence-electron chi connectivity index (χ2n) is 8.68. The van der Waals surface area contributed by atoms with Gasteiger partial charge in [-0.25, -0.2) is 0 Å². The molecule has 0 aromatic heterocycles. The van der Waals surface area contributed by atoms with E-state index in [1.54, 1.807) is 41.3 Å². The lowest BCUT2D eigenvalue weighted by Gasteiger charge is -2.33. The first-order valence-corrected chi connectivity index (χ1v) is 12.8. The first-order chi connectivity index (χ1) is 18.0. The van der Waals surface area contributed by atoms with Crippen molar-refractivity contribution in [3.05, 3.63) is 89.4 Å². The summed E-state index contributed by atoms with van der Waals surface area (Å²) in [7, 11) is 0. The zero-order chi connectivity index (χ0) is 26.0. The Hall–Kier alpha value is -3.71. The van der Waals surface area contributed by atoms with Crippen LogP contribution in [-0.4, -0.2) is 42.2 Å². The molecule has 8 heteroatoms. The van der Waals surface area contributed by atoms with Crippen molar-refractivity contribution in [2.75, 3.05) is 13.2 Å². The lowest BCUT2D eigenvalue weighted by atomic mass is 10.1. The summed E-state index contributed by atoms with van der Waals surface area (Å²) in [6.07, 6.45) is 0.884. The van der Waals surface area contributed by atoms with Crippen LogP contribution < -0.4 is 19.5 Å². The number of benzene rings is 3. The van der Waals surface area contributed by atoms with Gasteiger partial charge in [0.2, 0.25) is 5.91 Å². The van der Waals surface area contributed by atoms with Crippen LogP contribution in [0.2, 0.25) is 5.02 Å². The fourth-order valence-corrected chi connectivity index (χ4v) is 4.34. The van der Waals surface area contributed by atoms with Gasteiger partial charge in [0.05, 0.1) is 6.61 Å². The first-order valence-electron chi connectivity index (χ1n) is 12.5. The SMILES string of the molecule is CCOc1ccc(CN(C(=O)C(Oc2ccccc2)Oc2cccc(Cl)c2)[C@H]2CCCCNC2=O)cc1. The van der Waals surface area contributed by atoms with Crippen molar-refractivity contribution in [1.29, 1.82) is 0 Å². The molecule has 0 bridgehead atoms. The van der Waals surface area contributed by atoms with Crippen molar-refractivity contribution in [2.45, 2.75) is 45.1 Å². The van der Waals surface area contributed by atoms with Gasteiger partial charge < -0.3 is 24.4 Å². The highest BCUT2D eigenvalue weighted by Crippen LogP contribution is 2.24. The van der Waals surface area contributed by atoms with Crippen LogP contribution in [0.3, 0.4) is 0 Å². The molecule has 2 atom stereocenters. The summed E-state index contributed by atoms with van der Waals surface area (Å²) in [6.45, 7) is 3.28. The highest BCUT2D eigenvalue weighted by Gasteiger charge is 2.37. The number of carbonyl (C=O) groups is 2. The minimum Gasteiger partial charge on any atom is -0.494 e. The average molecular weight is 523 g/mol. The lowest BCUT2D eigenvalue weighted by molar-refractivity contribution is -0.158. The third-order valence-electron chi connectivity index (χ3n) is 5.98. The molecule has 2 amide bonds. The molecule has 1 aliphatic heterocycles. The van der Waals surface area contributed by atoms with Gasteiger partial charge in [-0.1, -0.05) is 48.0 Å². The maximum Gasteiger partial charge on any atom is 0.321 e. The van der Waals surface area contributed by atoms with E-state index in [1.165, 1.54) is 0 Å². The van der Waals surface area contributed by atoms with Gasteiger partial charge in [0.25, 0.3) is 0 Å². The molecule has 1 heterocycles. The van der Waals surface area contributed by atoms with Gasteiger partial charge in [0, 0.05) is 18.1 Å². The Morgan fingerprint density at radius 2 is 1.70 bits per heavy atom. The number of halogens is 1. The van der Waals surface area contributed by atoms with Crippen molar-refractivity contribution in [1.82, 2.24) is 10.2 Å². The Kier molecular flexibility index (Phi) is 9.27. The molecule has 1 aliphatic rings. The van der Waals surface area contributed by atoms with Gasteiger partial charge in [-0.05, 0) is 74.2 Å². The Morgan fingerprint density at radius 1 is 0.973 bits per heavy atom. The quantitative estimate of drug-likeness (QED) is 0.369. The van der Waals surface area contributed by atoms with Crippen LogP contribution in [0.4, 0.5) is 0 Å². The summed E-state index contributed by atoms with van der Waals surface area (Å²) < 4.78 is 17.6. The monoisotopic (exact) mass is 522 g/mol. The largest absolute Gasteiger partial charge is 0.494 e. The molecule has 0 saturated carbocycles. The van der Waals surface area contributed by atoms with E-state index < -0.39 is 18.2 Å².